The third-order valence-electron chi connectivity index (χ3n) is 8.66. The second kappa shape index (κ2) is 8.50. The van der Waals surface area contributed by atoms with Gasteiger partial charge in [-0.25, -0.2) is 9.80 Å². The van der Waals surface area contributed by atoms with E-state index in [-0.39, 0.29) is 23.8 Å². The third-order valence-corrected chi connectivity index (χ3v) is 8.66. The van der Waals surface area contributed by atoms with Gasteiger partial charge in [-0.15, -0.1) is 0 Å². The lowest BCUT2D eigenvalue weighted by atomic mass is 9.53. The molecule has 2 N–H and O–H groups in total. The number of benzene rings is 1. The van der Waals surface area contributed by atoms with Crippen LogP contribution in [0.2, 0.25) is 0 Å². The minimum atomic E-state index is -0.710. The molecule has 1 aromatic carbocycles. The summed E-state index contributed by atoms with van der Waals surface area (Å²) in [5.41, 5.74) is 4.86. The number of hydrogen-bond acceptors (Lipinski definition) is 7. The zero-order valence-corrected chi connectivity index (χ0v) is 20.4. The number of likely N-dealkylation sites (N-methyl/N-ethyl adjacent to an activating group) is 2. The highest BCUT2D eigenvalue weighted by Gasteiger charge is 2.64. The molecule has 35 heavy (non-hydrogen) atoms. The molecule has 9 heteroatoms. The number of hydrazine groups is 1. The van der Waals surface area contributed by atoms with Crippen LogP contribution in [0.25, 0.3) is 0 Å². The average molecular weight is 483 g/mol. The lowest BCUT2D eigenvalue weighted by Crippen LogP contribution is -2.64. The second-order valence-electron chi connectivity index (χ2n) is 10.7. The molecule has 0 aromatic heterocycles. The number of rotatable bonds is 4. The molecule has 5 atom stereocenters. The molecule has 9 nitrogen and oxygen atoms in total. The zero-order chi connectivity index (χ0) is 24.3. The Hall–Kier alpha value is -2.62. The van der Waals surface area contributed by atoms with Crippen molar-refractivity contribution in [2.45, 2.75) is 55.8 Å². The van der Waals surface area contributed by atoms with Gasteiger partial charge in [0.15, 0.2) is 11.5 Å². The number of nitrogens with zero attached hydrogens (tertiary/aromatic N) is 3. The van der Waals surface area contributed by atoms with Gasteiger partial charge in [-0.3, -0.25) is 10.2 Å². The predicted molar refractivity (Wildman–Crippen MR) is 128 cm³/mol. The highest BCUT2D eigenvalue weighted by Crippen LogP contribution is 2.62. The molecule has 1 spiro atoms. The van der Waals surface area contributed by atoms with Gasteiger partial charge in [0, 0.05) is 43.1 Å². The quantitative estimate of drug-likeness (QED) is 0.627. The van der Waals surface area contributed by atoms with E-state index in [1.807, 2.05) is 17.2 Å². The molecule has 3 heterocycles. The van der Waals surface area contributed by atoms with Crippen LogP contribution in [0, 0.1) is 5.92 Å². The summed E-state index contributed by atoms with van der Waals surface area (Å²) in [7, 11) is 3.72. The van der Waals surface area contributed by atoms with Crippen molar-refractivity contribution in [3.8, 4) is 11.5 Å². The second-order valence-corrected chi connectivity index (χ2v) is 10.7. The van der Waals surface area contributed by atoms with Gasteiger partial charge in [-0.2, -0.15) is 0 Å². The van der Waals surface area contributed by atoms with Crippen LogP contribution in [-0.2, 0) is 16.6 Å². The number of nitrogens with one attached hydrogen (secondary N) is 1. The first-order valence-corrected chi connectivity index (χ1v) is 12.8. The molecule has 0 saturated carbocycles. The van der Waals surface area contributed by atoms with Crippen molar-refractivity contribution in [1.29, 1.82) is 0 Å². The van der Waals surface area contributed by atoms with Gasteiger partial charge in [-0.1, -0.05) is 24.6 Å². The van der Waals surface area contributed by atoms with Crippen molar-refractivity contribution in [2.75, 3.05) is 40.3 Å². The van der Waals surface area contributed by atoms with E-state index in [9.17, 15) is 14.7 Å². The molecular formula is C26H34N4O5. The van der Waals surface area contributed by atoms with Crippen molar-refractivity contribution < 1.29 is 24.2 Å². The van der Waals surface area contributed by atoms with Crippen LogP contribution in [-0.4, -0.2) is 90.4 Å². The van der Waals surface area contributed by atoms with E-state index in [1.54, 1.807) is 13.1 Å². The molecule has 2 amide bonds. The number of carbonyl (C=O) groups is 2. The first-order valence-electron chi connectivity index (χ1n) is 12.8. The first-order chi connectivity index (χ1) is 16.9. The van der Waals surface area contributed by atoms with E-state index < -0.39 is 18.3 Å². The largest absolute Gasteiger partial charge is 0.482 e. The summed E-state index contributed by atoms with van der Waals surface area (Å²) in [5.74, 6) is 0.930. The fourth-order valence-corrected chi connectivity index (χ4v) is 6.98. The Morgan fingerprint density at radius 1 is 1.23 bits per heavy atom. The SMILES string of the molecule is CN(CC(=O)NN1CCCCC1)C(=O)Oc1ccc2c3c1O[C@H]1[C@@H](O)C=CC4C(C2)N(C)CC[C@@]341. The number of ether oxygens (including phenoxy) is 2. The maximum atomic E-state index is 12.9. The first kappa shape index (κ1) is 22.8. The molecule has 5 aliphatic rings. The van der Waals surface area contributed by atoms with E-state index in [4.69, 9.17) is 9.47 Å². The van der Waals surface area contributed by atoms with E-state index in [0.717, 1.165) is 50.9 Å². The van der Waals surface area contributed by atoms with Crippen LogP contribution in [0.15, 0.2) is 24.3 Å². The highest BCUT2D eigenvalue weighted by molar-refractivity contribution is 5.82. The van der Waals surface area contributed by atoms with E-state index >= 15 is 0 Å². The molecule has 0 radical (unpaired) electrons. The van der Waals surface area contributed by atoms with Crippen LogP contribution in [0.5, 0.6) is 11.5 Å². The van der Waals surface area contributed by atoms with Crippen molar-refractivity contribution >= 4 is 12.0 Å². The van der Waals surface area contributed by atoms with Gasteiger partial charge in [0.05, 0.1) is 0 Å². The summed E-state index contributed by atoms with van der Waals surface area (Å²) in [6.07, 6.45) is 7.38. The lowest BCUT2D eigenvalue weighted by molar-refractivity contribution is -0.126. The van der Waals surface area contributed by atoms with Crippen molar-refractivity contribution in [3.05, 3.63) is 35.4 Å². The minimum Gasteiger partial charge on any atom is -0.482 e. The Bertz CT molecular complexity index is 1070. The van der Waals surface area contributed by atoms with Gasteiger partial charge < -0.3 is 24.4 Å². The van der Waals surface area contributed by atoms with Crippen molar-refractivity contribution in [2.24, 2.45) is 5.92 Å². The van der Waals surface area contributed by atoms with E-state index in [2.05, 4.69) is 23.4 Å². The van der Waals surface area contributed by atoms with Gasteiger partial charge in [0.2, 0.25) is 0 Å². The molecular weight excluding hydrogens is 448 g/mol. The average Bonchev–Trinajstić information content (AvgIpc) is 3.20. The molecule has 2 saturated heterocycles. The molecule has 1 aromatic rings. The topological polar surface area (TPSA) is 94.6 Å². The Kier molecular flexibility index (Phi) is 5.54. The van der Waals surface area contributed by atoms with Crippen molar-refractivity contribution in [1.82, 2.24) is 20.2 Å². The highest BCUT2D eigenvalue weighted by atomic mass is 16.6. The molecule has 2 bridgehead atoms. The number of carbonyl (C=O) groups excluding carboxylic acids is 2. The van der Waals surface area contributed by atoms with E-state index in [1.165, 1.54) is 16.9 Å². The van der Waals surface area contributed by atoms with E-state index in [0.29, 0.717) is 17.5 Å². The zero-order valence-electron chi connectivity index (χ0n) is 20.4. The summed E-state index contributed by atoms with van der Waals surface area (Å²) < 4.78 is 12.2. The summed E-state index contributed by atoms with van der Waals surface area (Å²) in [6.45, 7) is 2.50. The molecule has 3 aliphatic heterocycles. The summed E-state index contributed by atoms with van der Waals surface area (Å²) in [6, 6.07) is 4.18. The Labute approximate surface area is 205 Å². The summed E-state index contributed by atoms with van der Waals surface area (Å²) in [5, 5.41) is 12.8. The third kappa shape index (κ3) is 3.55. The van der Waals surface area contributed by atoms with Crippen LogP contribution >= 0.6 is 0 Å². The number of aliphatic hydroxyl groups is 1. The molecule has 6 rings (SSSR count). The number of piperidine rings is 2. The number of likely N-dealkylation sites (tertiary alicyclic amines) is 1. The fraction of sp³-hybridized carbons (Fsp3) is 0.615. The lowest BCUT2D eigenvalue weighted by Gasteiger charge is -2.56. The normalized spacial score (nSPS) is 33.0. The van der Waals surface area contributed by atoms with Crippen LogP contribution in [0.1, 0.15) is 36.8 Å². The monoisotopic (exact) mass is 482 g/mol. The number of aliphatic hydroxyl groups excluding tert-OH is 1. The van der Waals surface area contributed by atoms with Gasteiger partial charge in [0.25, 0.3) is 5.91 Å². The molecule has 2 unspecified atom stereocenters. The predicted octanol–water partition coefficient (Wildman–Crippen LogP) is 1.44. The Morgan fingerprint density at radius 2 is 2.03 bits per heavy atom. The maximum absolute atomic E-state index is 12.9. The summed E-state index contributed by atoms with van der Waals surface area (Å²) in [4.78, 5) is 29.0. The van der Waals surface area contributed by atoms with Crippen LogP contribution in [0.4, 0.5) is 4.79 Å². The maximum Gasteiger partial charge on any atom is 0.415 e. The minimum absolute atomic E-state index is 0.0955. The van der Waals surface area contributed by atoms with Gasteiger partial charge >= 0.3 is 6.09 Å². The number of amides is 2. The number of hydrogen-bond donors (Lipinski definition) is 2. The molecule has 188 valence electrons. The smallest absolute Gasteiger partial charge is 0.415 e. The van der Waals surface area contributed by atoms with Crippen LogP contribution < -0.4 is 14.9 Å². The molecule has 2 aliphatic carbocycles. The summed E-state index contributed by atoms with van der Waals surface area (Å²) >= 11 is 0. The van der Waals surface area contributed by atoms with Crippen molar-refractivity contribution in [3.63, 3.8) is 0 Å². The molecule has 2 fully saturated rings. The standard InChI is InChI=1S/C26H34N4O5/c1-28-13-10-26-17-7-8-19(31)24(26)35-23-20(9-6-16(22(23)26)14-18(17)28)34-25(33)29(2)15-21(32)27-30-11-4-3-5-12-30/h6-9,17-19,24,31H,3-5,10-15H2,1-2H3,(H,27,32)/t17?,18?,19-,24-,26-/m0/s1. The van der Waals surface area contributed by atoms with Crippen LogP contribution in [0.3, 0.4) is 0 Å². The Balaban J connectivity index is 1.22. The fourth-order valence-electron chi connectivity index (χ4n) is 6.98. The van der Waals surface area contributed by atoms with Gasteiger partial charge in [-0.05, 0) is 50.9 Å². The Morgan fingerprint density at radius 3 is 2.83 bits per heavy atom. The van der Waals surface area contributed by atoms with Gasteiger partial charge in [0.1, 0.15) is 18.8 Å².